The molecule has 2 heterocycles. The molecule has 0 bridgehead atoms. The zero-order valence-electron chi connectivity index (χ0n) is 14.4. The average Bonchev–Trinajstić information content (AvgIpc) is 3.08. The molecule has 8 heteroatoms. The van der Waals surface area contributed by atoms with Gasteiger partial charge in [0.2, 0.25) is 10.0 Å². The van der Waals surface area contributed by atoms with Crippen molar-refractivity contribution in [3.8, 4) is 0 Å². The van der Waals surface area contributed by atoms with Gasteiger partial charge in [-0.05, 0) is 33.3 Å². The Morgan fingerprint density at radius 3 is 2.62 bits per heavy atom. The minimum Gasteiger partial charge on any atom is -0.376 e. The zero-order chi connectivity index (χ0) is 17.7. The van der Waals surface area contributed by atoms with Gasteiger partial charge in [0.05, 0.1) is 30.0 Å². The molecule has 2 fully saturated rings. The van der Waals surface area contributed by atoms with Crippen LogP contribution in [0.2, 0.25) is 0 Å². The van der Waals surface area contributed by atoms with Gasteiger partial charge >= 0.3 is 0 Å². The van der Waals surface area contributed by atoms with Crippen LogP contribution in [0.1, 0.15) is 37.6 Å². The Morgan fingerprint density at radius 1 is 1.33 bits per heavy atom. The molecular formula is C16H25N3O4S. The highest BCUT2D eigenvalue weighted by Crippen LogP contribution is 2.39. The molecule has 1 aromatic rings. The summed E-state index contributed by atoms with van der Waals surface area (Å²) >= 11 is 0. The average molecular weight is 355 g/mol. The number of carbonyl (C=O) groups is 1. The minimum atomic E-state index is -3.36. The maximum atomic E-state index is 12.5. The molecule has 3 rings (SSSR count). The summed E-state index contributed by atoms with van der Waals surface area (Å²) in [4.78, 5) is 12.5. The largest absolute Gasteiger partial charge is 0.376 e. The van der Waals surface area contributed by atoms with Crippen LogP contribution < -0.4 is 10.0 Å². The molecule has 1 amide bonds. The number of amides is 1. The number of ether oxygens (including phenoxy) is 1. The van der Waals surface area contributed by atoms with E-state index in [9.17, 15) is 13.2 Å². The summed E-state index contributed by atoms with van der Waals surface area (Å²) in [6, 6.07) is 1.14. The van der Waals surface area contributed by atoms with Crippen molar-refractivity contribution in [3.63, 3.8) is 0 Å². The highest BCUT2D eigenvalue weighted by atomic mass is 32.2. The van der Waals surface area contributed by atoms with Crippen molar-refractivity contribution in [2.75, 3.05) is 12.9 Å². The molecule has 134 valence electrons. The van der Waals surface area contributed by atoms with E-state index in [1.807, 2.05) is 17.0 Å². The van der Waals surface area contributed by atoms with Crippen molar-refractivity contribution in [1.29, 1.82) is 0 Å². The molecule has 4 atom stereocenters. The molecule has 0 unspecified atom stereocenters. The minimum absolute atomic E-state index is 0.0975. The maximum absolute atomic E-state index is 12.5. The second-order valence-corrected chi connectivity index (χ2v) is 9.46. The molecule has 1 saturated carbocycles. The summed E-state index contributed by atoms with van der Waals surface area (Å²) in [6.07, 6.45) is 5.50. The third kappa shape index (κ3) is 3.36. The molecule has 1 aromatic heterocycles. The summed E-state index contributed by atoms with van der Waals surface area (Å²) in [6.45, 7) is 6.79. The fourth-order valence-corrected chi connectivity index (χ4v) is 4.25. The monoisotopic (exact) mass is 355 g/mol. The van der Waals surface area contributed by atoms with Crippen molar-refractivity contribution in [2.24, 2.45) is 5.92 Å². The smallest absolute Gasteiger partial charge is 0.253 e. The fraction of sp³-hybridized carbons (Fsp3) is 0.688. The molecule has 2 aliphatic rings. The molecule has 1 aliphatic heterocycles. The topological polar surface area (TPSA) is 89.4 Å². The molecule has 24 heavy (non-hydrogen) atoms. The van der Waals surface area contributed by atoms with Crippen LogP contribution in [0.15, 0.2) is 18.5 Å². The van der Waals surface area contributed by atoms with Crippen molar-refractivity contribution in [1.82, 2.24) is 14.6 Å². The first kappa shape index (κ1) is 17.4. The predicted octanol–water partition coefficient (Wildman–Crippen LogP) is 0.678. The van der Waals surface area contributed by atoms with Crippen LogP contribution in [0.3, 0.4) is 0 Å². The third-order valence-electron chi connectivity index (χ3n) is 4.76. The Hall–Kier alpha value is -1.38. The van der Waals surface area contributed by atoms with Gasteiger partial charge in [-0.3, -0.25) is 4.79 Å². The number of fused-ring (bicyclic) bond motifs is 1. The first-order chi connectivity index (χ1) is 11.1. The number of hydrogen-bond acceptors (Lipinski definition) is 4. The van der Waals surface area contributed by atoms with Gasteiger partial charge in [0.15, 0.2) is 0 Å². The molecule has 0 spiro atoms. The Balaban J connectivity index is 1.71. The number of hydrogen-bond donors (Lipinski definition) is 2. The number of nitrogens with one attached hydrogen (secondary N) is 2. The van der Waals surface area contributed by atoms with E-state index < -0.39 is 16.1 Å². The van der Waals surface area contributed by atoms with E-state index in [2.05, 4.69) is 30.8 Å². The van der Waals surface area contributed by atoms with Crippen LogP contribution in [0.5, 0.6) is 0 Å². The van der Waals surface area contributed by atoms with Crippen LogP contribution in [0.4, 0.5) is 0 Å². The van der Waals surface area contributed by atoms with Gasteiger partial charge in [-0.1, -0.05) is 0 Å². The summed E-state index contributed by atoms with van der Waals surface area (Å²) < 4.78 is 33.3. The Kier molecular flexibility index (Phi) is 4.26. The van der Waals surface area contributed by atoms with E-state index in [1.54, 1.807) is 6.07 Å². The Morgan fingerprint density at radius 2 is 2.04 bits per heavy atom. The molecule has 1 aliphatic carbocycles. The van der Waals surface area contributed by atoms with Crippen LogP contribution in [0.25, 0.3) is 0 Å². The van der Waals surface area contributed by atoms with Crippen molar-refractivity contribution in [2.45, 2.75) is 50.9 Å². The zero-order valence-corrected chi connectivity index (χ0v) is 15.3. The van der Waals surface area contributed by atoms with Crippen LogP contribution in [-0.2, 0) is 20.3 Å². The molecular weight excluding hydrogens is 330 g/mol. The van der Waals surface area contributed by atoms with E-state index in [-0.39, 0.29) is 29.5 Å². The van der Waals surface area contributed by atoms with Crippen LogP contribution in [0, 0.1) is 5.92 Å². The fourth-order valence-electron chi connectivity index (χ4n) is 3.47. The van der Waals surface area contributed by atoms with Crippen LogP contribution in [-0.4, -0.2) is 49.9 Å². The predicted molar refractivity (Wildman–Crippen MR) is 90.3 cm³/mol. The molecule has 1 saturated heterocycles. The van der Waals surface area contributed by atoms with E-state index in [4.69, 9.17) is 4.74 Å². The normalized spacial score (nSPS) is 29.8. The lowest BCUT2D eigenvalue weighted by Crippen LogP contribution is -2.70. The number of rotatable bonds is 4. The van der Waals surface area contributed by atoms with Crippen LogP contribution >= 0.6 is 0 Å². The van der Waals surface area contributed by atoms with Crippen molar-refractivity contribution in [3.05, 3.63) is 24.0 Å². The van der Waals surface area contributed by atoms with E-state index >= 15 is 0 Å². The van der Waals surface area contributed by atoms with Gasteiger partial charge in [-0.25, -0.2) is 13.1 Å². The molecule has 0 aromatic carbocycles. The highest BCUT2D eigenvalue weighted by Gasteiger charge is 2.55. The first-order valence-corrected chi connectivity index (χ1v) is 10.0. The summed E-state index contributed by atoms with van der Waals surface area (Å²) in [7, 11) is -3.36. The Labute approximate surface area is 142 Å². The van der Waals surface area contributed by atoms with Gasteiger partial charge < -0.3 is 14.6 Å². The number of carbonyl (C=O) groups excluding carboxylic acids is 1. The number of sulfonamides is 1. The Bertz CT molecular complexity index is 735. The molecule has 7 nitrogen and oxygen atoms in total. The van der Waals surface area contributed by atoms with E-state index in [1.165, 1.54) is 0 Å². The lowest BCUT2D eigenvalue weighted by Gasteiger charge is -2.47. The van der Waals surface area contributed by atoms with E-state index in [0.29, 0.717) is 12.2 Å². The summed E-state index contributed by atoms with van der Waals surface area (Å²) in [5.74, 6) is -0.0217. The summed E-state index contributed by atoms with van der Waals surface area (Å²) in [5.41, 5.74) is 0.477. The van der Waals surface area contributed by atoms with Gasteiger partial charge in [0.1, 0.15) is 0 Å². The van der Waals surface area contributed by atoms with E-state index in [0.717, 1.165) is 12.7 Å². The SMILES string of the molecule is CC(C)(C)n1ccc(C(=O)N[C@H]2[C@H]3CCO[C@H]3[C@@H]2NS(C)(=O)=O)c1. The van der Waals surface area contributed by atoms with Gasteiger partial charge in [-0.15, -0.1) is 0 Å². The summed E-state index contributed by atoms with van der Waals surface area (Å²) in [5, 5.41) is 2.98. The second kappa shape index (κ2) is 5.86. The van der Waals surface area contributed by atoms with Crippen molar-refractivity contribution >= 4 is 15.9 Å². The lowest BCUT2D eigenvalue weighted by molar-refractivity contribution is -0.0194. The highest BCUT2D eigenvalue weighted by molar-refractivity contribution is 7.88. The maximum Gasteiger partial charge on any atom is 0.253 e. The quantitative estimate of drug-likeness (QED) is 0.831. The second-order valence-electron chi connectivity index (χ2n) is 7.68. The van der Waals surface area contributed by atoms with Gasteiger partial charge in [0.25, 0.3) is 5.91 Å². The molecule has 0 radical (unpaired) electrons. The number of nitrogens with zero attached hydrogens (tertiary/aromatic N) is 1. The number of aromatic nitrogens is 1. The standard InChI is InChI=1S/C16H25N3O4S/c1-16(2,3)19-7-5-10(9-19)15(20)17-12-11-6-8-23-14(11)13(12)18-24(4,21)22/h5,7,9,11-14,18H,6,8H2,1-4H3,(H,17,20)/t11-,12+,13-,14-/m1/s1. The third-order valence-corrected chi connectivity index (χ3v) is 5.46. The van der Waals surface area contributed by atoms with Gasteiger partial charge in [-0.2, -0.15) is 0 Å². The lowest BCUT2D eigenvalue weighted by atomic mass is 9.72. The first-order valence-electron chi connectivity index (χ1n) is 8.14. The molecule has 2 N–H and O–H groups in total. The van der Waals surface area contributed by atoms with Crippen molar-refractivity contribution < 1.29 is 17.9 Å². The van der Waals surface area contributed by atoms with Gasteiger partial charge in [0, 0.05) is 30.5 Å².